The van der Waals surface area contributed by atoms with Gasteiger partial charge in [0, 0.05) is 10.6 Å². The minimum Gasteiger partial charge on any atom is -0.508 e. The lowest BCUT2D eigenvalue weighted by Gasteiger charge is -2.34. The fourth-order valence-electron chi connectivity index (χ4n) is 3.23. The maximum atomic E-state index is 12.9. The summed E-state index contributed by atoms with van der Waals surface area (Å²) in [6.07, 6.45) is 0. The van der Waals surface area contributed by atoms with Crippen molar-refractivity contribution in [1.82, 2.24) is 0 Å². The topological polar surface area (TPSA) is 94.8 Å². The van der Waals surface area contributed by atoms with Crippen LogP contribution in [0.2, 0.25) is 20.1 Å². The van der Waals surface area contributed by atoms with Crippen LogP contribution in [0, 0.1) is 0 Å². The smallest absolute Gasteiger partial charge is 0.283 e. The van der Waals surface area contributed by atoms with Crippen molar-refractivity contribution in [1.29, 1.82) is 0 Å². The molecule has 29 heavy (non-hydrogen) atoms. The molecule has 0 fully saturated rings. The summed E-state index contributed by atoms with van der Waals surface area (Å²) >= 11 is 24.3. The number of aromatic hydroxyl groups is 2. The summed E-state index contributed by atoms with van der Waals surface area (Å²) in [6.45, 7) is 0. The van der Waals surface area contributed by atoms with Gasteiger partial charge in [0.1, 0.15) is 11.5 Å². The predicted molar refractivity (Wildman–Crippen MR) is 114 cm³/mol. The van der Waals surface area contributed by atoms with Crippen molar-refractivity contribution in [3.05, 3.63) is 91.4 Å². The zero-order valence-electron chi connectivity index (χ0n) is 14.3. The zero-order valence-corrected chi connectivity index (χ0v) is 18.1. The van der Waals surface area contributed by atoms with E-state index in [0.717, 1.165) is 12.1 Å². The van der Waals surface area contributed by atoms with E-state index in [1.165, 1.54) is 42.5 Å². The molecule has 10 heteroatoms. The zero-order chi connectivity index (χ0) is 21.6. The third-order valence-corrected chi connectivity index (χ3v) is 7.06. The quantitative estimate of drug-likeness (QED) is 0.311. The lowest BCUT2D eigenvalue weighted by atomic mass is 9.83. The van der Waals surface area contributed by atoms with Crippen molar-refractivity contribution in [3.63, 3.8) is 0 Å². The van der Waals surface area contributed by atoms with E-state index in [1.807, 2.05) is 0 Å². The van der Waals surface area contributed by atoms with Gasteiger partial charge in [-0.05, 0) is 47.5 Å². The molecule has 3 aromatic rings. The largest absolute Gasteiger partial charge is 0.508 e. The molecule has 0 saturated heterocycles. The molecule has 0 bridgehead atoms. The van der Waals surface area contributed by atoms with Crippen LogP contribution in [0.25, 0.3) is 0 Å². The molecule has 3 N–H and O–H groups in total. The molecule has 5 nitrogen and oxygen atoms in total. The molecule has 0 aromatic heterocycles. The Hall–Kier alpha value is -1.67. The van der Waals surface area contributed by atoms with Gasteiger partial charge in [-0.25, -0.2) is 0 Å². The predicted octanol–water partition coefficient (Wildman–Crippen LogP) is 5.89. The van der Waals surface area contributed by atoms with Crippen LogP contribution in [-0.2, 0) is 14.9 Å². The fourth-order valence-corrected chi connectivity index (χ4v) is 5.53. The lowest BCUT2D eigenvalue weighted by molar-refractivity contribution is 0.439. The first kappa shape index (κ1) is 22.0. The first-order valence-electron chi connectivity index (χ1n) is 7.89. The third kappa shape index (κ3) is 3.77. The fraction of sp³-hybridized carbons (Fsp3) is 0.0526. The molecule has 0 saturated carbocycles. The summed E-state index contributed by atoms with van der Waals surface area (Å²) < 4.78 is 33.9. The molecule has 0 spiro atoms. The standard InChI is InChI=1S/C19H12Cl4O5S/c20-12-8-16(23)18(17(25)9-12)19(29(26,27)28,10-2-1-3-13(24)6-10)11-4-5-14(21)15(22)7-11/h1-9,24-25H,(H,26,27,28). The minimum atomic E-state index is -5.09. The number of phenolic OH excluding ortho intramolecular Hbond substituents is 2. The van der Waals surface area contributed by atoms with E-state index in [0.29, 0.717) is 0 Å². The van der Waals surface area contributed by atoms with Crippen LogP contribution in [-0.4, -0.2) is 23.2 Å². The van der Waals surface area contributed by atoms with Crippen LogP contribution in [0.4, 0.5) is 0 Å². The van der Waals surface area contributed by atoms with Gasteiger partial charge in [-0.15, -0.1) is 0 Å². The molecule has 0 aliphatic rings. The van der Waals surface area contributed by atoms with E-state index in [4.69, 9.17) is 46.4 Å². The highest BCUT2D eigenvalue weighted by Crippen LogP contribution is 2.51. The average molecular weight is 494 g/mol. The highest BCUT2D eigenvalue weighted by molar-refractivity contribution is 7.87. The molecule has 3 rings (SSSR count). The van der Waals surface area contributed by atoms with Gasteiger partial charge in [0.05, 0.1) is 15.1 Å². The van der Waals surface area contributed by atoms with Crippen LogP contribution in [0.3, 0.4) is 0 Å². The Bertz CT molecular complexity index is 1190. The molecule has 0 aliphatic heterocycles. The summed E-state index contributed by atoms with van der Waals surface area (Å²) in [5.74, 6) is -0.866. The van der Waals surface area contributed by atoms with Gasteiger partial charge in [-0.2, -0.15) is 8.42 Å². The number of phenols is 2. The second kappa shape index (κ2) is 7.87. The van der Waals surface area contributed by atoms with Gasteiger partial charge in [0.2, 0.25) is 0 Å². The molecular weight excluding hydrogens is 482 g/mol. The molecule has 1 atom stereocenters. The molecule has 0 aliphatic carbocycles. The van der Waals surface area contributed by atoms with Crippen LogP contribution in [0.15, 0.2) is 54.6 Å². The molecule has 0 radical (unpaired) electrons. The number of benzene rings is 3. The lowest BCUT2D eigenvalue weighted by Crippen LogP contribution is -2.38. The van der Waals surface area contributed by atoms with Crippen molar-refractivity contribution < 1.29 is 23.2 Å². The second-order valence-electron chi connectivity index (χ2n) is 6.12. The highest BCUT2D eigenvalue weighted by Gasteiger charge is 2.51. The molecule has 152 valence electrons. The second-order valence-corrected chi connectivity index (χ2v) is 9.34. The van der Waals surface area contributed by atoms with Crippen LogP contribution >= 0.6 is 46.4 Å². The van der Waals surface area contributed by atoms with Crippen molar-refractivity contribution in [2.75, 3.05) is 0 Å². The monoisotopic (exact) mass is 492 g/mol. The molecule has 1 unspecified atom stereocenters. The summed E-state index contributed by atoms with van der Waals surface area (Å²) in [5.41, 5.74) is -0.535. The Balaban J connectivity index is 2.61. The maximum absolute atomic E-state index is 12.9. The Labute approximate surface area is 186 Å². The first-order valence-corrected chi connectivity index (χ1v) is 10.8. The minimum absolute atomic E-state index is 0.00178. The third-order valence-electron chi connectivity index (χ3n) is 4.35. The van der Waals surface area contributed by atoms with Gasteiger partial charge < -0.3 is 10.2 Å². The highest BCUT2D eigenvalue weighted by atomic mass is 35.5. The summed E-state index contributed by atoms with van der Waals surface area (Å²) in [6, 6.07) is 11.4. The Morgan fingerprint density at radius 3 is 1.97 bits per heavy atom. The van der Waals surface area contributed by atoms with E-state index in [9.17, 15) is 23.2 Å². The summed E-state index contributed by atoms with van der Waals surface area (Å²) in [5, 5.41) is 20.6. The van der Waals surface area contributed by atoms with Gasteiger partial charge in [-0.1, -0.05) is 64.6 Å². The molecular formula is C19H12Cl4O5S. The van der Waals surface area contributed by atoms with Gasteiger partial charge in [-0.3, -0.25) is 4.55 Å². The van der Waals surface area contributed by atoms with E-state index in [1.54, 1.807) is 0 Å². The van der Waals surface area contributed by atoms with Crippen molar-refractivity contribution in [2.24, 2.45) is 0 Å². The van der Waals surface area contributed by atoms with E-state index in [2.05, 4.69) is 0 Å². The maximum Gasteiger partial charge on any atom is 0.283 e. The molecule has 3 aromatic carbocycles. The Kier molecular flexibility index (Phi) is 5.98. The molecule has 0 heterocycles. The number of hydrogen-bond acceptors (Lipinski definition) is 4. The number of hydrogen-bond donors (Lipinski definition) is 3. The van der Waals surface area contributed by atoms with Crippen LogP contribution < -0.4 is 0 Å². The first-order chi connectivity index (χ1) is 13.5. The van der Waals surface area contributed by atoms with Crippen LogP contribution in [0.5, 0.6) is 11.5 Å². The van der Waals surface area contributed by atoms with Crippen molar-refractivity contribution in [3.8, 4) is 11.5 Å². The van der Waals surface area contributed by atoms with Crippen molar-refractivity contribution >= 4 is 56.5 Å². The summed E-state index contributed by atoms with van der Waals surface area (Å²) in [4.78, 5) is 0. The average Bonchev–Trinajstić information content (AvgIpc) is 2.59. The number of halogens is 4. The SMILES string of the molecule is O=S(=O)(O)C(c1cccc(O)c1)(c1ccc(Cl)c(Cl)c1)c1c(O)cc(Cl)cc1Cl. The van der Waals surface area contributed by atoms with E-state index >= 15 is 0 Å². The van der Waals surface area contributed by atoms with E-state index in [-0.39, 0.29) is 42.5 Å². The Morgan fingerprint density at radius 1 is 0.759 bits per heavy atom. The normalized spacial score (nSPS) is 13.8. The van der Waals surface area contributed by atoms with Crippen LogP contribution in [0.1, 0.15) is 16.7 Å². The number of rotatable bonds is 4. The van der Waals surface area contributed by atoms with Gasteiger partial charge in [0.15, 0.2) is 4.75 Å². The van der Waals surface area contributed by atoms with E-state index < -0.39 is 20.6 Å². The summed E-state index contributed by atoms with van der Waals surface area (Å²) in [7, 11) is -5.09. The van der Waals surface area contributed by atoms with Crippen molar-refractivity contribution in [2.45, 2.75) is 4.75 Å². The van der Waals surface area contributed by atoms with Gasteiger partial charge >= 0.3 is 0 Å². The Morgan fingerprint density at radius 2 is 1.41 bits per heavy atom. The molecule has 0 amide bonds. The van der Waals surface area contributed by atoms with Gasteiger partial charge in [0.25, 0.3) is 10.1 Å².